The zero-order valence-electron chi connectivity index (χ0n) is 7.40. The van der Waals surface area contributed by atoms with Gasteiger partial charge in [0.2, 0.25) is 0 Å². The number of halogens is 4. The number of nitrogen functional groups attached to an aromatic ring is 1. The van der Waals surface area contributed by atoms with Crippen LogP contribution in [0.1, 0.15) is 23.4 Å². The van der Waals surface area contributed by atoms with Crippen LogP contribution in [0.15, 0.2) is 18.2 Å². The van der Waals surface area contributed by atoms with E-state index in [1.54, 1.807) is 6.92 Å². The molecular formula is C9H9ClF3N. The number of hydrogen-bond acceptors (Lipinski definition) is 1. The van der Waals surface area contributed by atoms with E-state index >= 15 is 0 Å². The van der Waals surface area contributed by atoms with Crippen LogP contribution >= 0.6 is 11.6 Å². The zero-order chi connectivity index (χ0) is 10.9. The van der Waals surface area contributed by atoms with Gasteiger partial charge < -0.3 is 5.73 Å². The highest BCUT2D eigenvalue weighted by atomic mass is 35.5. The molecule has 0 bridgehead atoms. The van der Waals surface area contributed by atoms with Crippen LogP contribution in [0.3, 0.4) is 0 Å². The number of hydrogen-bond donors (Lipinski definition) is 1. The molecule has 5 heteroatoms. The predicted octanol–water partition coefficient (Wildman–Crippen LogP) is 3.59. The Labute approximate surface area is 84.7 Å². The highest BCUT2D eigenvalue weighted by Gasteiger charge is 2.32. The van der Waals surface area contributed by atoms with E-state index in [0.29, 0.717) is 5.56 Å². The second-order valence-corrected chi connectivity index (χ2v) is 3.62. The van der Waals surface area contributed by atoms with Gasteiger partial charge in [0.15, 0.2) is 0 Å². The highest BCUT2D eigenvalue weighted by molar-refractivity contribution is 6.20. The first kappa shape index (κ1) is 11.2. The molecular weight excluding hydrogens is 215 g/mol. The van der Waals surface area contributed by atoms with Gasteiger partial charge in [-0.25, -0.2) is 0 Å². The molecule has 1 aromatic rings. The van der Waals surface area contributed by atoms with Crippen LogP contribution < -0.4 is 5.73 Å². The number of rotatable bonds is 1. The maximum atomic E-state index is 12.3. The van der Waals surface area contributed by atoms with Gasteiger partial charge in [-0.15, -0.1) is 11.6 Å². The molecule has 0 aromatic heterocycles. The Bertz CT molecular complexity index is 333. The van der Waals surface area contributed by atoms with Gasteiger partial charge in [0.25, 0.3) is 0 Å². The summed E-state index contributed by atoms with van der Waals surface area (Å²) in [5.74, 6) is 0. The second kappa shape index (κ2) is 3.69. The molecule has 0 aliphatic rings. The molecule has 0 heterocycles. The second-order valence-electron chi connectivity index (χ2n) is 2.96. The van der Waals surface area contributed by atoms with E-state index in [-0.39, 0.29) is 11.1 Å². The molecule has 1 unspecified atom stereocenters. The molecule has 0 saturated heterocycles. The number of nitrogens with two attached hydrogens (primary N) is 1. The van der Waals surface area contributed by atoms with Gasteiger partial charge in [-0.2, -0.15) is 13.2 Å². The maximum Gasteiger partial charge on any atom is 0.418 e. The average Bonchev–Trinajstić information content (AvgIpc) is 2.01. The molecule has 14 heavy (non-hydrogen) atoms. The van der Waals surface area contributed by atoms with Crippen molar-refractivity contribution in [3.05, 3.63) is 29.3 Å². The highest BCUT2D eigenvalue weighted by Crippen LogP contribution is 2.35. The monoisotopic (exact) mass is 223 g/mol. The standard InChI is InChI=1S/C9H9ClF3N/c1-5(10)6-2-3-7(8(14)4-6)9(11,12)13/h2-5H,14H2,1H3. The fraction of sp³-hybridized carbons (Fsp3) is 0.333. The summed E-state index contributed by atoms with van der Waals surface area (Å²) in [5.41, 5.74) is 4.74. The van der Waals surface area contributed by atoms with Crippen LogP contribution in [0, 0.1) is 0 Å². The molecule has 0 saturated carbocycles. The van der Waals surface area contributed by atoms with E-state index in [1.165, 1.54) is 12.1 Å². The lowest BCUT2D eigenvalue weighted by molar-refractivity contribution is -0.136. The minimum atomic E-state index is -4.40. The largest absolute Gasteiger partial charge is 0.418 e. The first-order valence-corrected chi connectivity index (χ1v) is 4.36. The molecule has 1 atom stereocenters. The van der Waals surface area contributed by atoms with Gasteiger partial charge in [0.05, 0.1) is 10.9 Å². The first-order chi connectivity index (χ1) is 6.32. The minimum Gasteiger partial charge on any atom is -0.398 e. The zero-order valence-corrected chi connectivity index (χ0v) is 8.15. The lowest BCUT2D eigenvalue weighted by Crippen LogP contribution is -2.09. The van der Waals surface area contributed by atoms with Crippen molar-refractivity contribution in [2.75, 3.05) is 5.73 Å². The topological polar surface area (TPSA) is 26.0 Å². The van der Waals surface area contributed by atoms with Gasteiger partial charge in [-0.1, -0.05) is 6.07 Å². The third-order valence-corrected chi connectivity index (χ3v) is 2.09. The summed E-state index contributed by atoms with van der Waals surface area (Å²) in [4.78, 5) is 0. The Balaban J connectivity index is 3.15. The number of alkyl halides is 4. The van der Waals surface area contributed by atoms with Gasteiger partial charge in [0.1, 0.15) is 0 Å². The Hall–Kier alpha value is -0.900. The summed E-state index contributed by atoms with van der Waals surface area (Å²) < 4.78 is 36.8. The molecule has 0 aliphatic heterocycles. The molecule has 1 rings (SSSR count). The molecule has 0 aliphatic carbocycles. The van der Waals surface area contributed by atoms with E-state index in [1.807, 2.05) is 0 Å². The number of benzene rings is 1. The van der Waals surface area contributed by atoms with Crippen molar-refractivity contribution in [2.45, 2.75) is 18.5 Å². The normalized spacial score (nSPS) is 14.1. The van der Waals surface area contributed by atoms with Gasteiger partial charge in [-0.05, 0) is 24.6 Å². The Morgan fingerprint density at radius 3 is 2.29 bits per heavy atom. The van der Waals surface area contributed by atoms with Gasteiger partial charge in [0, 0.05) is 5.69 Å². The Kier molecular flexibility index (Phi) is 2.95. The molecule has 2 N–H and O–H groups in total. The van der Waals surface area contributed by atoms with Crippen LogP contribution in [0.4, 0.5) is 18.9 Å². The van der Waals surface area contributed by atoms with Gasteiger partial charge in [-0.3, -0.25) is 0 Å². The van der Waals surface area contributed by atoms with E-state index in [9.17, 15) is 13.2 Å². The third-order valence-electron chi connectivity index (χ3n) is 1.84. The van der Waals surface area contributed by atoms with Gasteiger partial charge >= 0.3 is 6.18 Å². The van der Waals surface area contributed by atoms with Crippen LogP contribution in [0.5, 0.6) is 0 Å². The van der Waals surface area contributed by atoms with Crippen molar-refractivity contribution in [1.29, 1.82) is 0 Å². The lowest BCUT2D eigenvalue weighted by atomic mass is 10.1. The van der Waals surface area contributed by atoms with Crippen molar-refractivity contribution >= 4 is 17.3 Å². The van der Waals surface area contributed by atoms with Crippen molar-refractivity contribution in [1.82, 2.24) is 0 Å². The Morgan fingerprint density at radius 1 is 1.36 bits per heavy atom. The molecule has 0 amide bonds. The van der Waals surface area contributed by atoms with E-state index in [0.717, 1.165) is 6.07 Å². The molecule has 1 nitrogen and oxygen atoms in total. The van der Waals surface area contributed by atoms with E-state index in [4.69, 9.17) is 17.3 Å². The third kappa shape index (κ3) is 2.32. The summed E-state index contributed by atoms with van der Waals surface area (Å²) in [5, 5.41) is -0.348. The summed E-state index contributed by atoms with van der Waals surface area (Å²) >= 11 is 5.70. The van der Waals surface area contributed by atoms with Crippen molar-refractivity contribution in [3.8, 4) is 0 Å². The molecule has 1 aromatic carbocycles. The predicted molar refractivity (Wildman–Crippen MR) is 50.1 cm³/mol. The minimum absolute atomic E-state index is 0.289. The quantitative estimate of drug-likeness (QED) is 0.572. The molecule has 78 valence electrons. The van der Waals surface area contributed by atoms with Crippen molar-refractivity contribution in [2.24, 2.45) is 0 Å². The number of anilines is 1. The first-order valence-electron chi connectivity index (χ1n) is 3.93. The lowest BCUT2D eigenvalue weighted by Gasteiger charge is -2.11. The van der Waals surface area contributed by atoms with Crippen LogP contribution in [-0.4, -0.2) is 0 Å². The fourth-order valence-electron chi connectivity index (χ4n) is 1.09. The van der Waals surface area contributed by atoms with Crippen LogP contribution in [-0.2, 0) is 6.18 Å². The van der Waals surface area contributed by atoms with Crippen LogP contribution in [0.2, 0.25) is 0 Å². The fourth-order valence-corrected chi connectivity index (χ4v) is 1.22. The van der Waals surface area contributed by atoms with Crippen molar-refractivity contribution in [3.63, 3.8) is 0 Å². The van der Waals surface area contributed by atoms with E-state index < -0.39 is 11.7 Å². The smallest absolute Gasteiger partial charge is 0.398 e. The Morgan fingerprint density at radius 2 is 1.93 bits per heavy atom. The van der Waals surface area contributed by atoms with Crippen LogP contribution in [0.25, 0.3) is 0 Å². The summed E-state index contributed by atoms with van der Waals surface area (Å²) in [6, 6.07) is 3.53. The molecule has 0 fully saturated rings. The molecule has 0 radical (unpaired) electrons. The summed E-state index contributed by atoms with van der Waals surface area (Å²) in [6.07, 6.45) is -4.40. The van der Waals surface area contributed by atoms with Crippen molar-refractivity contribution < 1.29 is 13.2 Å². The summed E-state index contributed by atoms with van der Waals surface area (Å²) in [7, 11) is 0. The van der Waals surface area contributed by atoms with E-state index in [2.05, 4.69) is 0 Å². The maximum absolute atomic E-state index is 12.3. The summed E-state index contributed by atoms with van der Waals surface area (Å²) in [6.45, 7) is 1.67. The average molecular weight is 224 g/mol. The molecule has 0 spiro atoms. The SMILES string of the molecule is CC(Cl)c1ccc(C(F)(F)F)c(N)c1.